The smallest absolute Gasteiger partial charge is 0.248 e. The van der Waals surface area contributed by atoms with Gasteiger partial charge in [-0.1, -0.05) is 71.8 Å². The maximum Gasteiger partial charge on any atom is 0.248 e. The van der Waals surface area contributed by atoms with Crippen LogP contribution >= 0.6 is 0 Å². The molecule has 3 saturated heterocycles. The molecule has 3 aliphatic rings. The first-order chi connectivity index (χ1) is 34.9. The van der Waals surface area contributed by atoms with E-state index in [0.29, 0.717) is 18.3 Å². The van der Waals surface area contributed by atoms with Crippen molar-refractivity contribution in [1.82, 2.24) is 36.4 Å². The van der Waals surface area contributed by atoms with E-state index < -0.39 is 170 Å². The van der Waals surface area contributed by atoms with Crippen molar-refractivity contribution < 1.29 is 79.2 Å². The molecule has 24 heteroatoms. The molecule has 1 aromatic rings. The van der Waals surface area contributed by atoms with E-state index in [4.69, 9.17) is 5.73 Å². The fourth-order valence-electron chi connectivity index (χ4n) is 9.81. The molecule has 0 aliphatic carbocycles. The Balaban J connectivity index is 1.66. The van der Waals surface area contributed by atoms with Crippen molar-refractivity contribution in [3.63, 3.8) is 0 Å². The van der Waals surface area contributed by atoms with Crippen LogP contribution in [0.3, 0.4) is 0 Å². The molecule has 15 N–H and O–H groups in total. The summed E-state index contributed by atoms with van der Waals surface area (Å²) in [6.45, 7) is 6.39. The van der Waals surface area contributed by atoms with E-state index in [0.717, 1.165) is 73.8 Å². The number of hydrogen-bond donors (Lipinski definition) is 14. The van der Waals surface area contributed by atoms with E-state index >= 15 is 0 Å². The molecule has 74 heavy (non-hydrogen) atoms. The number of carbonyl (C=O) groups excluding carboxylic acids is 8. The summed E-state index contributed by atoms with van der Waals surface area (Å²) in [5.41, 5.74) is 5.46. The normalized spacial score (nSPS) is 27.8. The molecule has 0 aromatic heterocycles. The number of nitrogens with one attached hydrogen (secondary N) is 5. The predicted octanol–water partition coefficient (Wildman–Crippen LogP) is -2.44. The maximum absolute atomic E-state index is 14.4. The van der Waals surface area contributed by atoms with Gasteiger partial charge < -0.3 is 83.0 Å². The Kier molecular flexibility index (Phi) is 23.7. The van der Waals surface area contributed by atoms with Gasteiger partial charge in [-0.25, -0.2) is 0 Å². The van der Waals surface area contributed by atoms with Crippen molar-refractivity contribution in [1.29, 1.82) is 0 Å². The molecule has 8 amide bonds. The average molecular weight is 1050 g/mol. The van der Waals surface area contributed by atoms with Gasteiger partial charge in [0.2, 0.25) is 47.3 Å². The van der Waals surface area contributed by atoms with Crippen molar-refractivity contribution >= 4 is 47.3 Å². The van der Waals surface area contributed by atoms with Crippen LogP contribution < -0.4 is 32.3 Å². The van der Waals surface area contributed by atoms with Gasteiger partial charge >= 0.3 is 0 Å². The number of aliphatic hydroxyl groups is 6. The number of unbranched alkanes of at least 4 members (excludes halogenated alkanes) is 5. The number of fused-ring (bicyclic) bond motifs is 2. The van der Waals surface area contributed by atoms with Gasteiger partial charge in [0.1, 0.15) is 36.3 Å². The molecule has 4 rings (SSSR count). The molecule has 1 aromatic carbocycles. The Bertz CT molecular complexity index is 2100. The molecular weight excluding hydrogens is 969 g/mol. The van der Waals surface area contributed by atoms with Gasteiger partial charge in [-0.05, 0) is 55.7 Å². The highest BCUT2D eigenvalue weighted by atomic mass is 16.3. The van der Waals surface area contributed by atoms with E-state index in [9.17, 15) is 79.2 Å². The monoisotopic (exact) mass is 1050 g/mol. The van der Waals surface area contributed by atoms with Crippen LogP contribution in [-0.2, 0) is 44.8 Å². The molecule has 0 bridgehead atoms. The zero-order chi connectivity index (χ0) is 55.0. The summed E-state index contributed by atoms with van der Waals surface area (Å²) in [7, 11) is 0. The Morgan fingerprint density at radius 3 is 2.03 bits per heavy atom. The first-order valence-electron chi connectivity index (χ1n) is 25.9. The fourth-order valence-corrected chi connectivity index (χ4v) is 9.81. The molecule has 14 atom stereocenters. The highest BCUT2D eigenvalue weighted by Gasteiger charge is 2.48. The number of nitrogens with two attached hydrogens (primary N) is 1. The Labute approximate surface area is 431 Å². The molecule has 416 valence electrons. The number of benzene rings is 1. The van der Waals surface area contributed by atoms with Crippen molar-refractivity contribution in [2.24, 2.45) is 17.6 Å². The number of amides is 8. The first-order valence-corrected chi connectivity index (χ1v) is 25.9. The summed E-state index contributed by atoms with van der Waals surface area (Å²) in [6, 6.07) is -7.66. The summed E-state index contributed by atoms with van der Waals surface area (Å²) in [6.07, 6.45) is -4.27. The van der Waals surface area contributed by atoms with Gasteiger partial charge in [-0.2, -0.15) is 0 Å². The predicted molar refractivity (Wildman–Crippen MR) is 265 cm³/mol. The van der Waals surface area contributed by atoms with Gasteiger partial charge in [0.05, 0.1) is 43.0 Å². The number of hydrogen-bond acceptors (Lipinski definition) is 16. The van der Waals surface area contributed by atoms with E-state index in [2.05, 4.69) is 47.4 Å². The highest BCUT2D eigenvalue weighted by Crippen LogP contribution is 2.27. The summed E-state index contributed by atoms with van der Waals surface area (Å²) in [5, 5.41) is 98.8. The van der Waals surface area contributed by atoms with Crippen LogP contribution in [0.2, 0.25) is 0 Å². The van der Waals surface area contributed by atoms with Gasteiger partial charge in [-0.3, -0.25) is 38.4 Å². The van der Waals surface area contributed by atoms with Crippen LogP contribution in [0, 0.1) is 11.8 Å². The summed E-state index contributed by atoms with van der Waals surface area (Å²) < 4.78 is 0. The zero-order valence-corrected chi connectivity index (χ0v) is 42.9. The summed E-state index contributed by atoms with van der Waals surface area (Å²) >= 11 is 0. The minimum Gasteiger partial charge on any atom is -0.504 e. The maximum atomic E-state index is 14.4. The highest BCUT2D eigenvalue weighted by molar-refractivity contribution is 5.98. The molecule has 0 spiro atoms. The van der Waals surface area contributed by atoms with E-state index in [1.165, 1.54) is 12.5 Å². The van der Waals surface area contributed by atoms with Crippen LogP contribution in [0.4, 0.5) is 0 Å². The topological polar surface area (TPSA) is 391 Å². The van der Waals surface area contributed by atoms with Crippen LogP contribution in [0.5, 0.6) is 11.5 Å². The molecule has 24 nitrogen and oxygen atoms in total. The van der Waals surface area contributed by atoms with Crippen molar-refractivity contribution in [2.45, 2.75) is 197 Å². The average Bonchev–Trinajstić information content (AvgIpc) is 3.93. The largest absolute Gasteiger partial charge is 0.504 e. The zero-order valence-electron chi connectivity index (χ0n) is 42.9. The van der Waals surface area contributed by atoms with Crippen LogP contribution in [-0.4, -0.2) is 190 Å². The molecule has 3 unspecified atom stereocenters. The number of phenolic OH excluding ortho intramolecular Hbond substituents is 2. The molecule has 3 heterocycles. The number of aliphatic hydroxyl groups excluding tert-OH is 6. The van der Waals surface area contributed by atoms with Crippen LogP contribution in [0.25, 0.3) is 0 Å². The fraction of sp³-hybridized carbons (Fsp3) is 0.720. The van der Waals surface area contributed by atoms with Crippen LogP contribution in [0.1, 0.15) is 123 Å². The number of primary amides is 1. The van der Waals surface area contributed by atoms with Crippen molar-refractivity contribution in [3.8, 4) is 11.5 Å². The Morgan fingerprint density at radius 2 is 1.38 bits per heavy atom. The number of phenols is 2. The number of carbonyl (C=O) groups is 8. The quantitative estimate of drug-likeness (QED) is 0.0476. The Morgan fingerprint density at radius 1 is 0.743 bits per heavy atom. The van der Waals surface area contributed by atoms with Gasteiger partial charge in [0, 0.05) is 45.3 Å². The third-order valence-electron chi connectivity index (χ3n) is 14.2. The minimum atomic E-state index is -2.14. The second-order valence-electron chi connectivity index (χ2n) is 20.5. The third kappa shape index (κ3) is 17.7. The second-order valence-corrected chi connectivity index (χ2v) is 20.5. The lowest BCUT2D eigenvalue weighted by atomic mass is 9.91. The lowest BCUT2D eigenvalue weighted by Gasteiger charge is -2.33. The molecule has 3 fully saturated rings. The summed E-state index contributed by atoms with van der Waals surface area (Å²) in [5.74, 6) is -8.47. The standard InChI is InChI=1S/C50H80N8O16/c1-5-26(2)18-27(3)12-10-8-6-7-9-11-13-40(68)53-32-21-30(60)24-52-48(72)44-35(63)16-17-57(44)50(74)43(38(66)23-39(51)67)56-47(71)42(37(65)20-29-14-15-34(62)36(64)19-29)55-46(70)33-22-31(61)25-58(33)49(73)41(28(4)59)54-45(32)69/h14-15,19,26-28,30-33,35,37-38,41-44,59-66H,5-13,16-18,20-25H2,1-4H3,(H2,51,67)(H,52,72)(H,53,68)(H,54,69)(H,55,70)(H,56,71)/t26?,27?,28-,30+,31+,32?,33-,35-,37+,38-,41-,42-,43-,44-/m0/s1. The van der Waals surface area contributed by atoms with Crippen molar-refractivity contribution in [2.75, 3.05) is 19.6 Å². The lowest BCUT2D eigenvalue weighted by molar-refractivity contribution is -0.147. The lowest BCUT2D eigenvalue weighted by Crippen LogP contribution is -2.64. The minimum absolute atomic E-state index is 0.00715. The van der Waals surface area contributed by atoms with E-state index in [1.54, 1.807) is 0 Å². The number of aromatic hydroxyl groups is 2. The molecule has 3 aliphatic heterocycles. The molecular formula is C50H80N8O16. The summed E-state index contributed by atoms with van der Waals surface area (Å²) in [4.78, 5) is 112. The van der Waals surface area contributed by atoms with Crippen molar-refractivity contribution in [3.05, 3.63) is 23.8 Å². The van der Waals surface area contributed by atoms with Gasteiger partial charge in [0.15, 0.2) is 11.5 Å². The van der Waals surface area contributed by atoms with Gasteiger partial charge in [-0.15, -0.1) is 0 Å². The third-order valence-corrected chi connectivity index (χ3v) is 14.2. The van der Waals surface area contributed by atoms with E-state index in [1.807, 2.05) is 0 Å². The first kappa shape index (κ1) is 60.9. The van der Waals surface area contributed by atoms with Gasteiger partial charge in [0.25, 0.3) is 0 Å². The molecule has 0 saturated carbocycles. The van der Waals surface area contributed by atoms with Crippen LogP contribution in [0.15, 0.2) is 18.2 Å². The molecule has 0 radical (unpaired) electrons. The number of β-amino-alcohol motifs (C(OH)–C–C–N with tert-alkyl or cyclic N) is 1. The SMILES string of the molecule is CCC(C)CC(C)CCCCCCCCC(=O)NC1C[C@@H](O)CNC(=O)[C@@H]2[C@@H](O)CCN2C(=O)[C@H]([C@@H](O)CC(N)=O)NC(=O)[C@H]([C@H](O)Cc2ccc(O)c(O)c2)NC(=O)[C@@H]2C[C@@H](O)CN2C(=O)[C@H]([C@H](C)O)NC1=O. The van der Waals surface area contributed by atoms with E-state index in [-0.39, 0.29) is 24.9 Å². The number of rotatable bonds is 20. The number of nitrogens with zero attached hydrogens (tertiary/aromatic N) is 2. The Hall–Kier alpha value is -5.66. The second kappa shape index (κ2) is 28.9.